The lowest BCUT2D eigenvalue weighted by molar-refractivity contribution is -0.144. The highest BCUT2D eigenvalue weighted by Gasteiger charge is 2.34. The lowest BCUT2D eigenvalue weighted by Crippen LogP contribution is -2.43. The highest BCUT2D eigenvalue weighted by atomic mass is 16.3. The highest BCUT2D eigenvalue weighted by molar-refractivity contribution is 5.82. The van der Waals surface area contributed by atoms with Crippen molar-refractivity contribution < 1.29 is 9.90 Å². The molecule has 0 saturated heterocycles. The second kappa shape index (κ2) is 6.72. The van der Waals surface area contributed by atoms with E-state index < -0.39 is 6.10 Å². The van der Waals surface area contributed by atoms with E-state index in [4.69, 9.17) is 0 Å². The van der Waals surface area contributed by atoms with Gasteiger partial charge in [-0.1, -0.05) is 60.7 Å². The molecular weight excluding hydrogens is 328 g/mol. The first-order chi connectivity index (χ1) is 12.6. The molecule has 0 fully saturated rings. The molecule has 4 rings (SSSR count). The van der Waals surface area contributed by atoms with E-state index in [-0.39, 0.29) is 11.9 Å². The average Bonchev–Trinajstić information content (AvgIpc) is 3.14. The van der Waals surface area contributed by atoms with Crippen molar-refractivity contribution in [2.75, 3.05) is 6.54 Å². The number of nitrogens with zero attached hydrogens (tertiary/aromatic N) is 4. The Kier molecular flexibility index (Phi) is 4.26. The van der Waals surface area contributed by atoms with E-state index >= 15 is 0 Å². The molecule has 0 saturated carbocycles. The van der Waals surface area contributed by atoms with Crippen LogP contribution in [0.15, 0.2) is 60.7 Å². The fourth-order valence-corrected chi connectivity index (χ4v) is 3.31. The van der Waals surface area contributed by atoms with Gasteiger partial charge in [0, 0.05) is 12.1 Å². The normalized spacial score (nSPS) is 17.6. The number of hydrogen-bond acceptors (Lipinski definition) is 4. The summed E-state index contributed by atoms with van der Waals surface area (Å²) in [6, 6.07) is 18.5. The van der Waals surface area contributed by atoms with Crippen LogP contribution < -0.4 is 0 Å². The molecule has 1 aliphatic heterocycles. The van der Waals surface area contributed by atoms with Crippen LogP contribution in [0.25, 0.3) is 11.4 Å². The SMILES string of the molecule is C[C@H]1c2nc(-c3ccccc3)nn2CCN1C(=O)[C@H](O)c1ccccc1. The second-order valence-electron chi connectivity index (χ2n) is 6.40. The molecule has 6 nitrogen and oxygen atoms in total. The van der Waals surface area contributed by atoms with Crippen molar-refractivity contribution in [3.63, 3.8) is 0 Å². The van der Waals surface area contributed by atoms with Crippen LogP contribution in [-0.2, 0) is 11.3 Å². The molecule has 1 aromatic heterocycles. The molecule has 0 radical (unpaired) electrons. The van der Waals surface area contributed by atoms with Crippen LogP contribution in [0.5, 0.6) is 0 Å². The van der Waals surface area contributed by atoms with E-state index in [1.54, 1.807) is 17.0 Å². The van der Waals surface area contributed by atoms with Gasteiger partial charge in [-0.25, -0.2) is 9.67 Å². The van der Waals surface area contributed by atoms with Gasteiger partial charge in [-0.05, 0) is 12.5 Å². The van der Waals surface area contributed by atoms with Crippen LogP contribution in [0.2, 0.25) is 0 Å². The third-order valence-corrected chi connectivity index (χ3v) is 4.76. The molecule has 0 unspecified atom stereocenters. The molecule has 2 atom stereocenters. The topological polar surface area (TPSA) is 71.2 Å². The van der Waals surface area contributed by atoms with Gasteiger partial charge in [0.25, 0.3) is 5.91 Å². The third kappa shape index (κ3) is 2.88. The number of hydrogen-bond donors (Lipinski definition) is 1. The third-order valence-electron chi connectivity index (χ3n) is 4.76. The first-order valence-electron chi connectivity index (χ1n) is 8.69. The second-order valence-corrected chi connectivity index (χ2v) is 6.40. The molecule has 1 aliphatic rings. The lowest BCUT2D eigenvalue weighted by Gasteiger charge is -2.34. The summed E-state index contributed by atoms with van der Waals surface area (Å²) in [6.45, 7) is 2.98. The largest absolute Gasteiger partial charge is 0.378 e. The van der Waals surface area contributed by atoms with Crippen molar-refractivity contribution >= 4 is 5.91 Å². The maximum absolute atomic E-state index is 12.8. The Morgan fingerprint density at radius 3 is 2.42 bits per heavy atom. The van der Waals surface area contributed by atoms with Gasteiger partial charge < -0.3 is 10.0 Å². The van der Waals surface area contributed by atoms with E-state index in [9.17, 15) is 9.90 Å². The minimum absolute atomic E-state index is 0.250. The molecule has 2 heterocycles. The number of carbonyl (C=O) groups excluding carboxylic acids is 1. The zero-order valence-corrected chi connectivity index (χ0v) is 14.5. The van der Waals surface area contributed by atoms with Crippen LogP contribution in [0.3, 0.4) is 0 Å². The van der Waals surface area contributed by atoms with E-state index in [0.717, 1.165) is 11.4 Å². The molecule has 1 N–H and O–H groups in total. The maximum atomic E-state index is 12.8. The number of aliphatic hydroxyl groups excluding tert-OH is 1. The van der Waals surface area contributed by atoms with Gasteiger partial charge in [-0.2, -0.15) is 5.10 Å². The van der Waals surface area contributed by atoms with E-state index in [1.165, 1.54) is 0 Å². The van der Waals surface area contributed by atoms with Crippen molar-refractivity contribution in [1.29, 1.82) is 0 Å². The standard InChI is InChI=1S/C20H20N4O2/c1-14-19-21-18(16-10-6-3-7-11-16)22-24(19)13-12-23(14)20(26)17(25)15-8-4-2-5-9-15/h2-11,14,17,25H,12-13H2,1H3/t14-,17+/m0/s1. The van der Waals surface area contributed by atoms with Gasteiger partial charge in [-0.3, -0.25) is 4.79 Å². The molecule has 3 aromatic rings. The van der Waals surface area contributed by atoms with Crippen molar-refractivity contribution in [3.05, 3.63) is 72.1 Å². The van der Waals surface area contributed by atoms with Gasteiger partial charge in [0.15, 0.2) is 11.9 Å². The Morgan fingerprint density at radius 1 is 1.08 bits per heavy atom. The highest BCUT2D eigenvalue weighted by Crippen LogP contribution is 2.28. The van der Waals surface area contributed by atoms with Crippen LogP contribution in [0.1, 0.15) is 30.5 Å². The van der Waals surface area contributed by atoms with Crippen LogP contribution in [0.4, 0.5) is 0 Å². The minimum Gasteiger partial charge on any atom is -0.378 e. The Morgan fingerprint density at radius 2 is 1.73 bits per heavy atom. The summed E-state index contributed by atoms with van der Waals surface area (Å²) in [7, 11) is 0. The molecule has 6 heteroatoms. The molecule has 2 aromatic carbocycles. The number of fused-ring (bicyclic) bond motifs is 1. The predicted molar refractivity (Wildman–Crippen MR) is 97.0 cm³/mol. The van der Waals surface area contributed by atoms with Gasteiger partial charge in [-0.15, -0.1) is 0 Å². The van der Waals surface area contributed by atoms with Gasteiger partial charge in [0.1, 0.15) is 5.82 Å². The number of aliphatic hydroxyl groups is 1. The average molecular weight is 348 g/mol. The van der Waals surface area contributed by atoms with Gasteiger partial charge in [0.2, 0.25) is 0 Å². The summed E-state index contributed by atoms with van der Waals surface area (Å²) in [5.41, 5.74) is 1.55. The Balaban J connectivity index is 1.59. The molecule has 26 heavy (non-hydrogen) atoms. The van der Waals surface area contributed by atoms with Gasteiger partial charge >= 0.3 is 0 Å². The van der Waals surface area contributed by atoms with Gasteiger partial charge in [0.05, 0.1) is 12.6 Å². The maximum Gasteiger partial charge on any atom is 0.256 e. The molecule has 132 valence electrons. The van der Waals surface area contributed by atoms with Crippen LogP contribution >= 0.6 is 0 Å². The van der Waals surface area contributed by atoms with Crippen molar-refractivity contribution in [2.45, 2.75) is 25.6 Å². The summed E-state index contributed by atoms with van der Waals surface area (Å²) in [4.78, 5) is 19.1. The van der Waals surface area contributed by atoms with Crippen molar-refractivity contribution in [2.24, 2.45) is 0 Å². The van der Waals surface area contributed by atoms with Crippen molar-refractivity contribution in [1.82, 2.24) is 19.7 Å². The summed E-state index contributed by atoms with van der Waals surface area (Å²) < 4.78 is 1.85. The fourth-order valence-electron chi connectivity index (χ4n) is 3.31. The Labute approximate surface area is 151 Å². The molecule has 1 amide bonds. The number of rotatable bonds is 3. The zero-order chi connectivity index (χ0) is 18.1. The quantitative estimate of drug-likeness (QED) is 0.790. The minimum atomic E-state index is -1.17. The number of carbonyl (C=O) groups is 1. The predicted octanol–water partition coefficient (Wildman–Crippen LogP) is 2.58. The summed E-state index contributed by atoms with van der Waals surface area (Å²) in [5, 5.41) is 15.0. The van der Waals surface area contributed by atoms with Crippen LogP contribution in [0, 0.1) is 0 Å². The smallest absolute Gasteiger partial charge is 0.256 e. The summed E-state index contributed by atoms with van der Waals surface area (Å²) >= 11 is 0. The van der Waals surface area contributed by atoms with Crippen molar-refractivity contribution in [3.8, 4) is 11.4 Å². The number of amides is 1. The molecule has 0 bridgehead atoms. The zero-order valence-electron chi connectivity index (χ0n) is 14.5. The number of benzene rings is 2. The molecular formula is C20H20N4O2. The molecule has 0 spiro atoms. The molecule has 0 aliphatic carbocycles. The Bertz CT molecular complexity index is 908. The lowest BCUT2D eigenvalue weighted by atomic mass is 10.1. The van der Waals surface area contributed by atoms with E-state index in [1.807, 2.05) is 60.1 Å². The first kappa shape index (κ1) is 16.5. The Hall–Kier alpha value is -2.99. The summed E-state index contributed by atoms with van der Waals surface area (Å²) in [6.07, 6.45) is -1.17. The summed E-state index contributed by atoms with van der Waals surface area (Å²) in [5.74, 6) is 1.09. The van der Waals surface area contributed by atoms with E-state index in [0.29, 0.717) is 24.5 Å². The van der Waals surface area contributed by atoms with E-state index in [2.05, 4.69) is 10.1 Å². The monoisotopic (exact) mass is 348 g/mol. The van der Waals surface area contributed by atoms with Crippen LogP contribution in [-0.4, -0.2) is 37.2 Å². The number of aromatic nitrogens is 3. The first-order valence-corrected chi connectivity index (χ1v) is 8.69. The fraction of sp³-hybridized carbons (Fsp3) is 0.250.